The lowest BCUT2D eigenvalue weighted by Crippen LogP contribution is -2.38. The Morgan fingerprint density at radius 2 is 1.56 bits per heavy atom. The van der Waals surface area contributed by atoms with Crippen molar-refractivity contribution < 1.29 is 22.4 Å². The highest BCUT2D eigenvalue weighted by molar-refractivity contribution is 7.90. The van der Waals surface area contributed by atoms with Gasteiger partial charge < -0.3 is 10.2 Å². The molecule has 39 heavy (non-hydrogen) atoms. The topological polar surface area (TPSA) is 83.6 Å². The fraction of sp³-hybridized carbons (Fsp3) is 0.161. The van der Waals surface area contributed by atoms with E-state index >= 15 is 0 Å². The molecule has 1 aliphatic heterocycles. The molecule has 0 bridgehead atoms. The molecule has 8 heteroatoms. The van der Waals surface area contributed by atoms with E-state index in [4.69, 9.17) is 0 Å². The predicted octanol–water partition coefficient (Wildman–Crippen LogP) is 5.22. The molecule has 4 aromatic carbocycles. The summed E-state index contributed by atoms with van der Waals surface area (Å²) in [6.07, 6.45) is 1.14. The van der Waals surface area contributed by atoms with Crippen molar-refractivity contribution in [3.8, 4) is 11.1 Å². The first-order valence-corrected chi connectivity index (χ1v) is 14.3. The third-order valence-electron chi connectivity index (χ3n) is 6.96. The molecule has 1 N–H and O–H groups in total. The molecule has 198 valence electrons. The highest BCUT2D eigenvalue weighted by Gasteiger charge is 2.41. The van der Waals surface area contributed by atoms with Gasteiger partial charge >= 0.3 is 0 Å². The first-order chi connectivity index (χ1) is 18.6. The standard InChI is InChI=1S/C31H27FN2O4S/c1-20-17-23(32)13-16-25(20)26-8-4-3-7-22(26)19-34-29(27-9-5-6-10-28(27)31(34)36)30(35)33-18-21-11-14-24(15-12-21)39(2,37)38/h3-17,29H,18-19H2,1-2H3,(H,33,35). The molecule has 0 radical (unpaired) electrons. The highest BCUT2D eigenvalue weighted by Crippen LogP contribution is 2.37. The Balaban J connectivity index is 1.43. The SMILES string of the molecule is Cc1cc(F)ccc1-c1ccccc1CN1C(=O)c2ccccc2C1C(=O)NCc1ccc(S(C)(=O)=O)cc1. The van der Waals surface area contributed by atoms with Gasteiger partial charge in [0.2, 0.25) is 5.91 Å². The lowest BCUT2D eigenvalue weighted by molar-refractivity contribution is -0.125. The summed E-state index contributed by atoms with van der Waals surface area (Å²) in [5, 5.41) is 2.91. The van der Waals surface area contributed by atoms with E-state index in [1.165, 1.54) is 24.3 Å². The van der Waals surface area contributed by atoms with Crippen LogP contribution in [0.5, 0.6) is 0 Å². The Morgan fingerprint density at radius 1 is 0.897 bits per heavy atom. The van der Waals surface area contributed by atoms with Crippen LogP contribution in [0.25, 0.3) is 11.1 Å². The maximum Gasteiger partial charge on any atom is 0.255 e. The predicted molar refractivity (Wildman–Crippen MR) is 147 cm³/mol. The van der Waals surface area contributed by atoms with Crippen LogP contribution >= 0.6 is 0 Å². The number of amides is 2. The molecule has 2 amide bonds. The Labute approximate surface area is 227 Å². The number of carbonyl (C=O) groups excluding carboxylic acids is 2. The van der Waals surface area contributed by atoms with Gasteiger partial charge in [-0.3, -0.25) is 9.59 Å². The van der Waals surface area contributed by atoms with Crippen LogP contribution in [0, 0.1) is 12.7 Å². The van der Waals surface area contributed by atoms with Crippen LogP contribution in [-0.2, 0) is 27.7 Å². The van der Waals surface area contributed by atoms with Crippen molar-refractivity contribution in [3.63, 3.8) is 0 Å². The van der Waals surface area contributed by atoms with E-state index in [0.29, 0.717) is 11.1 Å². The molecule has 6 nitrogen and oxygen atoms in total. The summed E-state index contributed by atoms with van der Waals surface area (Å²) in [6.45, 7) is 2.20. The molecule has 0 fully saturated rings. The number of carbonyl (C=O) groups is 2. The maximum atomic E-state index is 13.8. The molecule has 1 unspecified atom stereocenters. The Kier molecular flexibility index (Phi) is 7.06. The van der Waals surface area contributed by atoms with Crippen LogP contribution < -0.4 is 5.32 Å². The number of hydrogen-bond acceptors (Lipinski definition) is 4. The number of sulfone groups is 1. The number of aryl methyl sites for hydroxylation is 1. The summed E-state index contributed by atoms with van der Waals surface area (Å²) >= 11 is 0. The quantitative estimate of drug-likeness (QED) is 0.347. The zero-order valence-corrected chi connectivity index (χ0v) is 22.3. The first kappa shape index (κ1) is 26.3. The number of halogens is 1. The van der Waals surface area contributed by atoms with Gasteiger partial charge in [0.25, 0.3) is 5.91 Å². The lowest BCUT2D eigenvalue weighted by Gasteiger charge is -2.26. The number of fused-ring (bicyclic) bond motifs is 1. The first-order valence-electron chi connectivity index (χ1n) is 12.4. The Morgan fingerprint density at radius 3 is 2.26 bits per heavy atom. The van der Waals surface area contributed by atoms with Crippen LogP contribution in [0.2, 0.25) is 0 Å². The third kappa shape index (κ3) is 5.33. The van der Waals surface area contributed by atoms with E-state index in [0.717, 1.165) is 34.1 Å². The second-order valence-electron chi connectivity index (χ2n) is 9.67. The van der Waals surface area contributed by atoms with Crippen molar-refractivity contribution in [2.75, 3.05) is 6.26 Å². The van der Waals surface area contributed by atoms with Crippen molar-refractivity contribution >= 4 is 21.7 Å². The average molecular weight is 543 g/mol. The van der Waals surface area contributed by atoms with Gasteiger partial charge in [0.1, 0.15) is 11.9 Å². The molecule has 1 aliphatic rings. The van der Waals surface area contributed by atoms with Crippen molar-refractivity contribution in [2.24, 2.45) is 0 Å². The fourth-order valence-electron chi connectivity index (χ4n) is 4.99. The second kappa shape index (κ2) is 10.5. The van der Waals surface area contributed by atoms with Gasteiger partial charge in [0.05, 0.1) is 4.90 Å². The van der Waals surface area contributed by atoms with Gasteiger partial charge in [-0.05, 0) is 70.6 Å². The number of nitrogens with zero attached hydrogens (tertiary/aromatic N) is 1. The molecular weight excluding hydrogens is 515 g/mol. The summed E-state index contributed by atoms with van der Waals surface area (Å²) in [5.41, 5.74) is 5.17. The summed E-state index contributed by atoms with van der Waals surface area (Å²) in [7, 11) is -3.32. The minimum absolute atomic E-state index is 0.176. The second-order valence-corrected chi connectivity index (χ2v) is 11.7. The maximum absolute atomic E-state index is 13.8. The number of rotatable bonds is 7. The van der Waals surface area contributed by atoms with Gasteiger partial charge in [-0.1, -0.05) is 60.7 Å². The highest BCUT2D eigenvalue weighted by atomic mass is 32.2. The van der Waals surface area contributed by atoms with E-state index in [-0.39, 0.29) is 35.6 Å². The molecule has 0 saturated carbocycles. The van der Waals surface area contributed by atoms with Gasteiger partial charge in [0.15, 0.2) is 9.84 Å². The van der Waals surface area contributed by atoms with Gasteiger partial charge in [-0.25, -0.2) is 12.8 Å². The molecule has 1 heterocycles. The van der Waals surface area contributed by atoms with Crippen molar-refractivity contribution in [1.29, 1.82) is 0 Å². The van der Waals surface area contributed by atoms with Gasteiger partial charge in [-0.2, -0.15) is 0 Å². The largest absolute Gasteiger partial charge is 0.350 e. The third-order valence-corrected chi connectivity index (χ3v) is 8.09. The summed E-state index contributed by atoms with van der Waals surface area (Å²) in [5.74, 6) is -0.897. The van der Waals surface area contributed by atoms with E-state index in [1.54, 1.807) is 47.4 Å². The van der Waals surface area contributed by atoms with E-state index < -0.39 is 15.9 Å². The van der Waals surface area contributed by atoms with Crippen LogP contribution in [0.4, 0.5) is 4.39 Å². The fourth-order valence-corrected chi connectivity index (χ4v) is 5.62. The normalized spacial score (nSPS) is 14.8. The van der Waals surface area contributed by atoms with Crippen molar-refractivity contribution in [2.45, 2.75) is 31.0 Å². The molecule has 4 aromatic rings. The zero-order chi connectivity index (χ0) is 27.7. The number of hydrogen-bond donors (Lipinski definition) is 1. The molecular formula is C31H27FN2O4S. The Bertz CT molecular complexity index is 1680. The van der Waals surface area contributed by atoms with Gasteiger partial charge in [-0.15, -0.1) is 0 Å². The van der Waals surface area contributed by atoms with Crippen LogP contribution in [0.1, 0.15) is 38.7 Å². The van der Waals surface area contributed by atoms with E-state index in [9.17, 15) is 22.4 Å². The molecule has 0 aromatic heterocycles. The van der Waals surface area contributed by atoms with Crippen molar-refractivity contribution in [1.82, 2.24) is 10.2 Å². The summed E-state index contributed by atoms with van der Waals surface area (Å²) < 4.78 is 37.3. The minimum Gasteiger partial charge on any atom is -0.350 e. The van der Waals surface area contributed by atoms with Crippen LogP contribution in [0.15, 0.2) is 95.9 Å². The van der Waals surface area contributed by atoms with Crippen LogP contribution in [-0.4, -0.2) is 31.4 Å². The molecule has 0 spiro atoms. The van der Waals surface area contributed by atoms with Crippen molar-refractivity contribution in [3.05, 3.63) is 125 Å². The molecule has 0 saturated heterocycles. The molecule has 0 aliphatic carbocycles. The smallest absolute Gasteiger partial charge is 0.255 e. The summed E-state index contributed by atoms with van der Waals surface area (Å²) in [4.78, 5) is 28.8. The van der Waals surface area contributed by atoms with Gasteiger partial charge in [0, 0.05) is 24.9 Å². The number of nitrogens with one attached hydrogen (secondary N) is 1. The average Bonchev–Trinajstić information content (AvgIpc) is 3.19. The summed E-state index contributed by atoms with van der Waals surface area (Å²) in [6, 6.07) is 24.8. The van der Waals surface area contributed by atoms with E-state index in [1.807, 2.05) is 31.2 Å². The van der Waals surface area contributed by atoms with E-state index in [2.05, 4.69) is 5.32 Å². The lowest BCUT2D eigenvalue weighted by atomic mass is 9.95. The Hall–Kier alpha value is -4.30. The molecule has 1 atom stereocenters. The van der Waals surface area contributed by atoms with Crippen LogP contribution in [0.3, 0.4) is 0 Å². The number of benzene rings is 4. The monoisotopic (exact) mass is 542 g/mol. The minimum atomic E-state index is -3.32. The molecule has 5 rings (SSSR count). The zero-order valence-electron chi connectivity index (χ0n) is 21.5.